The summed E-state index contributed by atoms with van der Waals surface area (Å²) in [6.45, 7) is 0. The zero-order valence-electron chi connectivity index (χ0n) is 7.32. The topological polar surface area (TPSA) is 66.5 Å². The molecule has 0 radical (unpaired) electrons. The molecule has 0 aliphatic carbocycles. The fourth-order valence-corrected chi connectivity index (χ4v) is 1.58. The van der Waals surface area contributed by atoms with E-state index >= 15 is 0 Å². The molecule has 1 aromatic rings. The van der Waals surface area contributed by atoms with E-state index in [1.54, 1.807) is 18.2 Å². The first-order valence-electron chi connectivity index (χ1n) is 4.03. The SMILES string of the molecule is Nc1ccc(C(O)C(O)CBr)cc1Cl. The van der Waals surface area contributed by atoms with Gasteiger partial charge in [0.05, 0.1) is 16.8 Å². The Morgan fingerprint density at radius 1 is 1.43 bits per heavy atom. The first-order valence-corrected chi connectivity index (χ1v) is 5.53. The molecular formula is C9H11BrClNO2. The molecule has 5 heteroatoms. The molecule has 3 nitrogen and oxygen atoms in total. The molecule has 0 spiro atoms. The van der Waals surface area contributed by atoms with E-state index in [0.29, 0.717) is 21.6 Å². The third-order valence-electron chi connectivity index (χ3n) is 1.89. The minimum Gasteiger partial charge on any atom is -0.398 e. The molecular weight excluding hydrogens is 269 g/mol. The Labute approximate surface area is 95.6 Å². The van der Waals surface area contributed by atoms with E-state index < -0.39 is 12.2 Å². The molecule has 0 heterocycles. The van der Waals surface area contributed by atoms with Crippen molar-refractivity contribution < 1.29 is 10.2 Å². The van der Waals surface area contributed by atoms with Crippen molar-refractivity contribution in [1.82, 2.24) is 0 Å². The van der Waals surface area contributed by atoms with Crippen molar-refractivity contribution in [1.29, 1.82) is 0 Å². The van der Waals surface area contributed by atoms with Crippen LogP contribution in [-0.2, 0) is 0 Å². The molecule has 0 aliphatic rings. The van der Waals surface area contributed by atoms with E-state index in [1.807, 2.05) is 0 Å². The lowest BCUT2D eigenvalue weighted by Gasteiger charge is -2.16. The summed E-state index contributed by atoms with van der Waals surface area (Å²) < 4.78 is 0. The number of alkyl halides is 1. The molecule has 78 valence electrons. The number of nitrogen functional groups attached to an aromatic ring is 1. The molecule has 0 bridgehead atoms. The average molecular weight is 281 g/mol. The van der Waals surface area contributed by atoms with Gasteiger partial charge in [-0.15, -0.1) is 0 Å². The van der Waals surface area contributed by atoms with E-state index in [-0.39, 0.29) is 0 Å². The van der Waals surface area contributed by atoms with Gasteiger partial charge in [-0.05, 0) is 17.7 Å². The number of aliphatic hydroxyl groups is 2. The Hall–Kier alpha value is -0.290. The lowest BCUT2D eigenvalue weighted by atomic mass is 10.1. The smallest absolute Gasteiger partial charge is 0.106 e. The van der Waals surface area contributed by atoms with Crippen molar-refractivity contribution in [2.75, 3.05) is 11.1 Å². The number of anilines is 1. The number of rotatable bonds is 3. The molecule has 1 rings (SSSR count). The van der Waals surface area contributed by atoms with Gasteiger partial charge in [0, 0.05) is 5.33 Å². The second-order valence-corrected chi connectivity index (χ2v) is 4.00. The Morgan fingerprint density at radius 3 is 2.57 bits per heavy atom. The average Bonchev–Trinajstić information content (AvgIpc) is 2.20. The summed E-state index contributed by atoms with van der Waals surface area (Å²) in [5.74, 6) is 0. The van der Waals surface area contributed by atoms with Crippen LogP contribution in [0.3, 0.4) is 0 Å². The van der Waals surface area contributed by atoms with Crippen LogP contribution in [0.2, 0.25) is 5.02 Å². The van der Waals surface area contributed by atoms with E-state index in [1.165, 1.54) is 0 Å². The van der Waals surface area contributed by atoms with Crippen molar-refractivity contribution in [2.45, 2.75) is 12.2 Å². The van der Waals surface area contributed by atoms with Crippen molar-refractivity contribution in [3.8, 4) is 0 Å². The highest BCUT2D eigenvalue weighted by Gasteiger charge is 2.17. The van der Waals surface area contributed by atoms with Crippen LogP contribution >= 0.6 is 27.5 Å². The largest absolute Gasteiger partial charge is 0.398 e. The lowest BCUT2D eigenvalue weighted by molar-refractivity contribution is 0.0343. The number of nitrogens with two attached hydrogens (primary N) is 1. The first kappa shape index (κ1) is 11.8. The number of hydrogen-bond donors (Lipinski definition) is 3. The number of benzene rings is 1. The Balaban J connectivity index is 2.91. The van der Waals surface area contributed by atoms with Gasteiger partial charge in [-0.25, -0.2) is 0 Å². The summed E-state index contributed by atoms with van der Waals surface area (Å²) in [6.07, 6.45) is -1.80. The highest BCUT2D eigenvalue weighted by Crippen LogP contribution is 2.25. The molecule has 0 aliphatic heterocycles. The van der Waals surface area contributed by atoms with Crippen LogP contribution in [0, 0.1) is 0 Å². The van der Waals surface area contributed by atoms with E-state index in [4.69, 9.17) is 17.3 Å². The maximum absolute atomic E-state index is 9.62. The Bertz CT molecular complexity index is 322. The van der Waals surface area contributed by atoms with E-state index in [2.05, 4.69) is 15.9 Å². The molecule has 0 fully saturated rings. The number of aliphatic hydroxyl groups excluding tert-OH is 2. The van der Waals surface area contributed by atoms with Crippen LogP contribution in [0.15, 0.2) is 18.2 Å². The van der Waals surface area contributed by atoms with Crippen LogP contribution in [0.1, 0.15) is 11.7 Å². The van der Waals surface area contributed by atoms with E-state index in [0.717, 1.165) is 0 Å². The van der Waals surface area contributed by atoms with Crippen LogP contribution in [0.25, 0.3) is 0 Å². The minimum atomic E-state index is -0.951. The predicted octanol–water partition coefficient (Wildman–Crippen LogP) is 1.71. The molecule has 0 saturated heterocycles. The lowest BCUT2D eigenvalue weighted by Crippen LogP contribution is -2.19. The van der Waals surface area contributed by atoms with Crippen LogP contribution < -0.4 is 5.73 Å². The van der Waals surface area contributed by atoms with Gasteiger partial charge in [0.2, 0.25) is 0 Å². The summed E-state index contributed by atoms with van der Waals surface area (Å²) in [5, 5.41) is 19.7. The van der Waals surface area contributed by atoms with Crippen molar-refractivity contribution in [2.24, 2.45) is 0 Å². The second-order valence-electron chi connectivity index (χ2n) is 2.95. The Kier molecular flexibility index (Phi) is 4.19. The molecule has 1 aromatic carbocycles. The van der Waals surface area contributed by atoms with Gasteiger partial charge in [0.25, 0.3) is 0 Å². The van der Waals surface area contributed by atoms with Crippen LogP contribution in [0.4, 0.5) is 5.69 Å². The normalized spacial score (nSPS) is 15.1. The molecule has 2 atom stereocenters. The summed E-state index contributed by atoms with van der Waals surface area (Å²) in [5.41, 5.74) is 6.52. The number of halogens is 2. The van der Waals surface area contributed by atoms with E-state index in [9.17, 15) is 10.2 Å². The van der Waals surface area contributed by atoms with Gasteiger partial charge in [0.1, 0.15) is 6.10 Å². The summed E-state index contributed by atoms with van der Waals surface area (Å²) in [6, 6.07) is 4.78. The highest BCUT2D eigenvalue weighted by molar-refractivity contribution is 9.09. The Morgan fingerprint density at radius 2 is 2.07 bits per heavy atom. The standard InChI is InChI=1S/C9H11BrClNO2/c10-4-8(13)9(14)5-1-2-7(12)6(11)3-5/h1-3,8-9,13-14H,4,12H2. The summed E-state index contributed by atoms with van der Waals surface area (Å²) >= 11 is 8.85. The molecule has 2 unspecified atom stereocenters. The maximum atomic E-state index is 9.62. The highest BCUT2D eigenvalue weighted by atomic mass is 79.9. The van der Waals surface area contributed by atoms with Gasteiger partial charge < -0.3 is 15.9 Å². The van der Waals surface area contributed by atoms with Crippen LogP contribution in [-0.4, -0.2) is 21.6 Å². The van der Waals surface area contributed by atoms with Crippen molar-refractivity contribution >= 4 is 33.2 Å². The van der Waals surface area contributed by atoms with Crippen molar-refractivity contribution in [3.63, 3.8) is 0 Å². The fraction of sp³-hybridized carbons (Fsp3) is 0.333. The van der Waals surface area contributed by atoms with Gasteiger partial charge >= 0.3 is 0 Å². The van der Waals surface area contributed by atoms with Gasteiger partial charge in [-0.2, -0.15) is 0 Å². The molecule has 0 saturated carbocycles. The zero-order chi connectivity index (χ0) is 10.7. The van der Waals surface area contributed by atoms with Crippen molar-refractivity contribution in [3.05, 3.63) is 28.8 Å². The molecule has 4 N–H and O–H groups in total. The third-order valence-corrected chi connectivity index (χ3v) is 2.88. The quantitative estimate of drug-likeness (QED) is 0.583. The third kappa shape index (κ3) is 2.60. The van der Waals surface area contributed by atoms with Gasteiger partial charge in [0.15, 0.2) is 0 Å². The molecule has 0 aromatic heterocycles. The molecule has 14 heavy (non-hydrogen) atoms. The predicted molar refractivity (Wildman–Crippen MR) is 60.6 cm³/mol. The number of hydrogen-bond acceptors (Lipinski definition) is 3. The monoisotopic (exact) mass is 279 g/mol. The first-order chi connectivity index (χ1) is 6.56. The zero-order valence-corrected chi connectivity index (χ0v) is 9.66. The maximum Gasteiger partial charge on any atom is 0.106 e. The summed E-state index contributed by atoms with van der Waals surface area (Å²) in [4.78, 5) is 0. The summed E-state index contributed by atoms with van der Waals surface area (Å²) in [7, 11) is 0. The second kappa shape index (κ2) is 4.98. The van der Waals surface area contributed by atoms with Gasteiger partial charge in [-0.1, -0.05) is 33.6 Å². The molecule has 0 amide bonds. The van der Waals surface area contributed by atoms with Gasteiger partial charge in [-0.3, -0.25) is 0 Å². The minimum absolute atomic E-state index is 0.302. The fourth-order valence-electron chi connectivity index (χ4n) is 1.03. The van der Waals surface area contributed by atoms with Crippen LogP contribution in [0.5, 0.6) is 0 Å².